The first-order valence-electron chi connectivity index (χ1n) is 6.33. The molecule has 0 bridgehead atoms. The number of amides is 1. The second kappa shape index (κ2) is 7.95. The second-order valence-corrected chi connectivity index (χ2v) is 6.03. The summed E-state index contributed by atoms with van der Waals surface area (Å²) in [6, 6.07) is 0.349. The first-order valence-corrected chi connectivity index (χ1v) is 7.38. The van der Waals surface area contributed by atoms with Gasteiger partial charge in [-0.1, -0.05) is 6.92 Å². The number of rotatable bonds is 7. The zero-order chi connectivity index (χ0) is 12.7. The molecule has 1 saturated carbocycles. The lowest BCUT2D eigenvalue weighted by atomic mass is 10.2. The highest BCUT2D eigenvalue weighted by atomic mass is 32.2. The van der Waals surface area contributed by atoms with Crippen molar-refractivity contribution in [1.82, 2.24) is 5.32 Å². The number of thioether (sulfide) groups is 1. The van der Waals surface area contributed by atoms with Gasteiger partial charge in [-0.05, 0) is 25.0 Å². The predicted octanol–water partition coefficient (Wildman–Crippen LogP) is 1.14. The van der Waals surface area contributed by atoms with Crippen molar-refractivity contribution in [3.05, 3.63) is 0 Å². The van der Waals surface area contributed by atoms with E-state index in [-0.39, 0.29) is 12.0 Å². The van der Waals surface area contributed by atoms with E-state index in [1.165, 1.54) is 6.42 Å². The van der Waals surface area contributed by atoms with Crippen molar-refractivity contribution >= 4 is 17.7 Å². The minimum atomic E-state index is -0.155. The molecule has 3 N–H and O–H groups in total. The van der Waals surface area contributed by atoms with Crippen LogP contribution in [-0.4, -0.2) is 42.7 Å². The Morgan fingerprint density at radius 1 is 1.59 bits per heavy atom. The normalized spacial score (nSPS) is 25.8. The van der Waals surface area contributed by atoms with Crippen molar-refractivity contribution in [1.29, 1.82) is 0 Å². The van der Waals surface area contributed by atoms with Gasteiger partial charge in [0.1, 0.15) is 0 Å². The summed E-state index contributed by atoms with van der Waals surface area (Å²) < 4.78 is 5.10. The Hall–Kier alpha value is -0.260. The molecular formula is C12H24N2O2S. The van der Waals surface area contributed by atoms with Gasteiger partial charge in [0.25, 0.3) is 0 Å². The van der Waals surface area contributed by atoms with Crippen LogP contribution in [0.3, 0.4) is 0 Å². The molecule has 0 aromatic carbocycles. The zero-order valence-electron chi connectivity index (χ0n) is 10.8. The van der Waals surface area contributed by atoms with Gasteiger partial charge < -0.3 is 15.8 Å². The number of ether oxygens (including phenoxy) is 1. The molecule has 1 fully saturated rings. The summed E-state index contributed by atoms with van der Waals surface area (Å²) in [5, 5.41) is 3.80. The van der Waals surface area contributed by atoms with Crippen molar-refractivity contribution in [2.24, 2.45) is 5.73 Å². The van der Waals surface area contributed by atoms with E-state index >= 15 is 0 Å². The number of hydrogen-bond donors (Lipinski definition) is 2. The second-order valence-electron chi connectivity index (χ2n) is 4.45. The molecule has 3 unspecified atom stereocenters. The van der Waals surface area contributed by atoms with Gasteiger partial charge >= 0.3 is 0 Å². The summed E-state index contributed by atoms with van der Waals surface area (Å²) in [6.45, 7) is 2.57. The highest BCUT2D eigenvalue weighted by molar-refractivity contribution is 7.99. The Kier molecular flexibility index (Phi) is 6.92. The van der Waals surface area contributed by atoms with Crippen LogP contribution in [0, 0.1) is 0 Å². The highest BCUT2D eigenvalue weighted by Gasteiger charge is 2.26. The number of nitrogens with one attached hydrogen (secondary N) is 1. The van der Waals surface area contributed by atoms with Crippen LogP contribution < -0.4 is 11.1 Å². The Labute approximate surface area is 108 Å². The van der Waals surface area contributed by atoms with E-state index in [2.05, 4.69) is 12.2 Å². The highest BCUT2D eigenvalue weighted by Crippen LogP contribution is 2.29. The average Bonchev–Trinajstić information content (AvgIpc) is 2.74. The maximum absolute atomic E-state index is 11.7. The van der Waals surface area contributed by atoms with Crippen LogP contribution in [0.25, 0.3) is 0 Å². The van der Waals surface area contributed by atoms with Crippen LogP contribution in [0.1, 0.15) is 32.6 Å². The first-order chi connectivity index (χ1) is 8.19. The van der Waals surface area contributed by atoms with E-state index in [4.69, 9.17) is 10.5 Å². The molecule has 0 aromatic rings. The number of hydrogen-bond acceptors (Lipinski definition) is 4. The van der Waals surface area contributed by atoms with Crippen LogP contribution in [0.5, 0.6) is 0 Å². The lowest BCUT2D eigenvalue weighted by Crippen LogP contribution is -2.37. The van der Waals surface area contributed by atoms with Crippen LogP contribution in [0.4, 0.5) is 0 Å². The van der Waals surface area contributed by atoms with Gasteiger partial charge in [0, 0.05) is 24.9 Å². The molecule has 0 radical (unpaired) electrons. The molecule has 0 aliphatic heterocycles. The molecule has 1 aliphatic carbocycles. The maximum atomic E-state index is 11.7. The van der Waals surface area contributed by atoms with E-state index in [0.29, 0.717) is 19.0 Å². The molecule has 4 nitrogen and oxygen atoms in total. The topological polar surface area (TPSA) is 64.4 Å². The molecule has 1 rings (SSSR count). The zero-order valence-corrected chi connectivity index (χ0v) is 11.6. The Morgan fingerprint density at radius 3 is 2.94 bits per heavy atom. The standard InChI is InChI=1S/C12H24N2O2S/c1-3-17-11-5-4-9(6-11)14-12(15)7-10(8-13)16-2/h9-11H,3-8,13H2,1-2H3,(H,14,15). The molecule has 3 atom stereocenters. The molecule has 17 heavy (non-hydrogen) atoms. The van der Waals surface area contributed by atoms with Gasteiger partial charge in [0.15, 0.2) is 0 Å². The fourth-order valence-corrected chi connectivity index (χ4v) is 3.36. The third-order valence-corrected chi connectivity index (χ3v) is 4.39. The molecule has 0 spiro atoms. The summed E-state index contributed by atoms with van der Waals surface area (Å²) in [5.74, 6) is 1.22. The lowest BCUT2D eigenvalue weighted by Gasteiger charge is -2.16. The number of carbonyl (C=O) groups excluding carboxylic acids is 1. The molecule has 0 heterocycles. The molecule has 0 saturated heterocycles. The summed E-state index contributed by atoms with van der Waals surface area (Å²) in [6.07, 6.45) is 3.63. The van der Waals surface area contributed by atoms with Gasteiger partial charge in [-0.15, -0.1) is 0 Å². The molecule has 0 aromatic heterocycles. The van der Waals surface area contributed by atoms with Gasteiger partial charge in [-0.3, -0.25) is 4.79 Å². The van der Waals surface area contributed by atoms with Crippen LogP contribution in [0.15, 0.2) is 0 Å². The fourth-order valence-electron chi connectivity index (χ4n) is 2.21. The van der Waals surface area contributed by atoms with Gasteiger partial charge in [-0.2, -0.15) is 11.8 Å². The quantitative estimate of drug-likeness (QED) is 0.720. The van der Waals surface area contributed by atoms with Gasteiger partial charge in [0.2, 0.25) is 5.91 Å². The minimum absolute atomic E-state index is 0.0643. The molecular weight excluding hydrogens is 236 g/mol. The van der Waals surface area contributed by atoms with Crippen LogP contribution in [0.2, 0.25) is 0 Å². The summed E-state index contributed by atoms with van der Waals surface area (Å²) >= 11 is 2.00. The van der Waals surface area contributed by atoms with E-state index < -0.39 is 0 Å². The monoisotopic (exact) mass is 260 g/mol. The third kappa shape index (κ3) is 5.27. The number of methoxy groups -OCH3 is 1. The summed E-state index contributed by atoms with van der Waals surface area (Å²) in [4.78, 5) is 11.7. The number of nitrogens with two attached hydrogens (primary N) is 1. The van der Waals surface area contributed by atoms with Crippen LogP contribution in [-0.2, 0) is 9.53 Å². The molecule has 100 valence electrons. The van der Waals surface area contributed by atoms with E-state index in [1.54, 1.807) is 7.11 Å². The minimum Gasteiger partial charge on any atom is -0.380 e. The van der Waals surface area contributed by atoms with Gasteiger partial charge in [-0.25, -0.2) is 0 Å². The van der Waals surface area contributed by atoms with E-state index in [9.17, 15) is 4.79 Å². The Morgan fingerprint density at radius 2 is 2.35 bits per heavy atom. The molecule has 1 aliphatic rings. The van der Waals surface area contributed by atoms with E-state index in [0.717, 1.165) is 23.8 Å². The molecule has 5 heteroatoms. The van der Waals surface area contributed by atoms with Gasteiger partial charge in [0.05, 0.1) is 12.5 Å². The molecule has 1 amide bonds. The third-order valence-electron chi connectivity index (χ3n) is 3.16. The first kappa shape index (κ1) is 14.8. The summed E-state index contributed by atoms with van der Waals surface area (Å²) in [5.41, 5.74) is 5.49. The van der Waals surface area contributed by atoms with Crippen LogP contribution >= 0.6 is 11.8 Å². The van der Waals surface area contributed by atoms with E-state index in [1.807, 2.05) is 11.8 Å². The lowest BCUT2D eigenvalue weighted by molar-refractivity contribution is -0.124. The van der Waals surface area contributed by atoms with Crippen molar-refractivity contribution in [3.8, 4) is 0 Å². The Balaban J connectivity index is 2.23. The largest absolute Gasteiger partial charge is 0.380 e. The Bertz CT molecular complexity index is 235. The summed E-state index contributed by atoms with van der Waals surface area (Å²) in [7, 11) is 1.59. The van der Waals surface area contributed by atoms with Crippen molar-refractivity contribution in [2.45, 2.75) is 50.0 Å². The smallest absolute Gasteiger partial charge is 0.222 e. The van der Waals surface area contributed by atoms with Crippen molar-refractivity contribution < 1.29 is 9.53 Å². The van der Waals surface area contributed by atoms with Crippen molar-refractivity contribution in [3.63, 3.8) is 0 Å². The van der Waals surface area contributed by atoms with Crippen molar-refractivity contribution in [2.75, 3.05) is 19.4 Å². The fraction of sp³-hybridized carbons (Fsp3) is 0.917. The SMILES string of the molecule is CCSC1CCC(NC(=O)CC(CN)OC)C1. The number of carbonyl (C=O) groups is 1. The maximum Gasteiger partial charge on any atom is 0.222 e. The predicted molar refractivity (Wildman–Crippen MR) is 72.2 cm³/mol. The average molecular weight is 260 g/mol.